The maximum Gasteiger partial charge on any atom is 0.264 e. The third-order valence-corrected chi connectivity index (χ3v) is 6.70. The fraction of sp³-hybridized carbons (Fsp3) is 0.208. The molecular weight excluding hydrogens is 412 g/mol. The molecule has 0 aromatic heterocycles. The van der Waals surface area contributed by atoms with E-state index in [4.69, 9.17) is 4.74 Å². The van der Waals surface area contributed by atoms with Crippen LogP contribution in [0.2, 0.25) is 0 Å². The first-order valence-corrected chi connectivity index (χ1v) is 11.6. The Morgan fingerprint density at radius 3 is 2.19 bits per heavy atom. The van der Waals surface area contributed by atoms with E-state index in [1.54, 1.807) is 61.5 Å². The number of hydrogen-bond acceptors (Lipinski definition) is 4. The average Bonchev–Trinajstić information content (AvgIpc) is 2.80. The summed E-state index contributed by atoms with van der Waals surface area (Å²) in [5.41, 5.74) is 2.36. The molecule has 162 valence electrons. The number of carbonyl (C=O) groups excluding carboxylic acids is 1. The van der Waals surface area contributed by atoms with Gasteiger partial charge in [0.25, 0.3) is 15.9 Å². The monoisotopic (exact) mass is 438 g/mol. The van der Waals surface area contributed by atoms with Crippen molar-refractivity contribution in [2.45, 2.75) is 25.2 Å². The molecule has 31 heavy (non-hydrogen) atoms. The molecule has 0 heterocycles. The van der Waals surface area contributed by atoms with Crippen molar-refractivity contribution in [2.24, 2.45) is 0 Å². The number of amides is 1. The summed E-state index contributed by atoms with van der Waals surface area (Å²) in [6, 6.07) is 22.6. The minimum Gasteiger partial charge on any atom is -0.484 e. The summed E-state index contributed by atoms with van der Waals surface area (Å²) in [6.07, 6.45) is 0.818. The molecule has 3 rings (SSSR count). The molecule has 0 radical (unpaired) electrons. The zero-order valence-corrected chi connectivity index (χ0v) is 18.4. The van der Waals surface area contributed by atoms with Gasteiger partial charge in [0.05, 0.1) is 10.6 Å². The second kappa shape index (κ2) is 10.1. The van der Waals surface area contributed by atoms with Crippen molar-refractivity contribution in [1.29, 1.82) is 0 Å². The first kappa shape index (κ1) is 22.4. The zero-order valence-electron chi connectivity index (χ0n) is 17.6. The third kappa shape index (κ3) is 5.44. The predicted molar refractivity (Wildman–Crippen MR) is 123 cm³/mol. The van der Waals surface area contributed by atoms with Crippen LogP contribution in [0.15, 0.2) is 83.8 Å². The molecule has 7 heteroatoms. The quantitative estimate of drug-likeness (QED) is 0.534. The maximum absolute atomic E-state index is 12.9. The topological polar surface area (TPSA) is 75.7 Å². The second-order valence-corrected chi connectivity index (χ2v) is 8.69. The number of benzene rings is 3. The molecule has 0 aliphatic heterocycles. The standard InChI is InChI=1S/C24H26N2O4S/c1-3-19-10-8-9-13-23(19)25-24(27)18-30-21-16-14-20(15-17-21)26(4-2)31(28,29)22-11-6-5-7-12-22/h5-17H,3-4,18H2,1-2H3,(H,25,27). The van der Waals surface area contributed by atoms with Crippen LogP contribution < -0.4 is 14.4 Å². The number of aryl methyl sites for hydroxylation is 1. The summed E-state index contributed by atoms with van der Waals surface area (Å²) in [5, 5.41) is 2.86. The Labute approximate surface area is 183 Å². The van der Waals surface area contributed by atoms with Crippen LogP contribution in [0.4, 0.5) is 11.4 Å². The molecule has 0 aliphatic carbocycles. The lowest BCUT2D eigenvalue weighted by Gasteiger charge is -2.23. The smallest absolute Gasteiger partial charge is 0.264 e. The summed E-state index contributed by atoms with van der Waals surface area (Å²) in [7, 11) is -3.66. The van der Waals surface area contributed by atoms with Crippen LogP contribution in [0.5, 0.6) is 5.75 Å². The Hall–Kier alpha value is -3.32. The lowest BCUT2D eigenvalue weighted by molar-refractivity contribution is -0.118. The lowest BCUT2D eigenvalue weighted by Crippen LogP contribution is -2.30. The lowest BCUT2D eigenvalue weighted by atomic mass is 10.1. The van der Waals surface area contributed by atoms with Gasteiger partial charge in [0.15, 0.2) is 6.61 Å². The van der Waals surface area contributed by atoms with Crippen LogP contribution in [0.25, 0.3) is 0 Å². The summed E-state index contributed by atoms with van der Waals surface area (Å²) < 4.78 is 32.8. The number of anilines is 2. The molecule has 0 spiro atoms. The van der Waals surface area contributed by atoms with Gasteiger partial charge in [-0.25, -0.2) is 8.42 Å². The van der Waals surface area contributed by atoms with E-state index in [2.05, 4.69) is 5.32 Å². The molecule has 0 saturated carbocycles. The molecule has 6 nitrogen and oxygen atoms in total. The molecule has 0 unspecified atom stereocenters. The van der Waals surface area contributed by atoms with Gasteiger partial charge >= 0.3 is 0 Å². The van der Waals surface area contributed by atoms with Gasteiger partial charge in [-0.1, -0.05) is 43.3 Å². The highest BCUT2D eigenvalue weighted by Gasteiger charge is 2.23. The Morgan fingerprint density at radius 1 is 0.903 bits per heavy atom. The van der Waals surface area contributed by atoms with Crippen molar-refractivity contribution in [3.8, 4) is 5.75 Å². The Kier molecular flexibility index (Phi) is 7.31. The maximum atomic E-state index is 12.9. The van der Waals surface area contributed by atoms with E-state index in [1.165, 1.54) is 4.31 Å². The normalized spacial score (nSPS) is 11.0. The summed E-state index contributed by atoms with van der Waals surface area (Å²) in [5.74, 6) is 0.225. The van der Waals surface area contributed by atoms with Crippen LogP contribution in [-0.2, 0) is 21.2 Å². The first-order valence-electron chi connectivity index (χ1n) is 10.1. The van der Waals surface area contributed by atoms with Crippen LogP contribution >= 0.6 is 0 Å². The Bertz CT molecular complexity index is 1110. The van der Waals surface area contributed by atoms with Gasteiger partial charge in [-0.3, -0.25) is 9.10 Å². The number of carbonyl (C=O) groups is 1. The molecule has 0 saturated heterocycles. The number of hydrogen-bond donors (Lipinski definition) is 1. The highest BCUT2D eigenvalue weighted by Crippen LogP contribution is 2.25. The molecule has 0 bridgehead atoms. The third-order valence-electron chi connectivity index (χ3n) is 4.79. The minimum atomic E-state index is -3.66. The summed E-state index contributed by atoms with van der Waals surface area (Å²) in [6.45, 7) is 3.96. The van der Waals surface area contributed by atoms with Crippen molar-refractivity contribution in [2.75, 3.05) is 22.8 Å². The number of rotatable bonds is 9. The second-order valence-electron chi connectivity index (χ2n) is 6.82. The number of sulfonamides is 1. The van der Waals surface area contributed by atoms with Crippen molar-refractivity contribution in [3.05, 3.63) is 84.4 Å². The highest BCUT2D eigenvalue weighted by molar-refractivity contribution is 7.92. The van der Waals surface area contributed by atoms with E-state index in [0.29, 0.717) is 11.4 Å². The van der Waals surface area contributed by atoms with Crippen molar-refractivity contribution >= 4 is 27.3 Å². The molecular formula is C24H26N2O4S. The fourth-order valence-electron chi connectivity index (χ4n) is 3.21. The molecule has 0 fully saturated rings. The van der Waals surface area contributed by atoms with Crippen LogP contribution in [0, 0.1) is 0 Å². The number of ether oxygens (including phenoxy) is 1. The van der Waals surface area contributed by atoms with Crippen LogP contribution in [-0.4, -0.2) is 27.5 Å². The highest BCUT2D eigenvalue weighted by atomic mass is 32.2. The molecule has 0 aliphatic rings. The van der Waals surface area contributed by atoms with Gasteiger partial charge in [0.1, 0.15) is 5.75 Å². The van der Waals surface area contributed by atoms with Crippen LogP contribution in [0.1, 0.15) is 19.4 Å². The summed E-state index contributed by atoms with van der Waals surface area (Å²) in [4.78, 5) is 12.5. The van der Waals surface area contributed by atoms with Gasteiger partial charge < -0.3 is 10.1 Å². The fourth-order valence-corrected chi connectivity index (χ4v) is 4.70. The van der Waals surface area contributed by atoms with Gasteiger partial charge in [-0.15, -0.1) is 0 Å². The van der Waals surface area contributed by atoms with Crippen molar-refractivity contribution < 1.29 is 17.9 Å². The largest absolute Gasteiger partial charge is 0.484 e. The van der Waals surface area contributed by atoms with E-state index in [9.17, 15) is 13.2 Å². The van der Waals surface area contributed by atoms with Crippen molar-refractivity contribution in [1.82, 2.24) is 0 Å². The van der Waals surface area contributed by atoms with Gasteiger partial charge in [0.2, 0.25) is 0 Å². The van der Waals surface area contributed by atoms with E-state index in [-0.39, 0.29) is 24.0 Å². The molecule has 1 N–H and O–H groups in total. The van der Waals surface area contributed by atoms with Gasteiger partial charge in [-0.05, 0) is 61.4 Å². The summed E-state index contributed by atoms with van der Waals surface area (Å²) >= 11 is 0. The zero-order chi connectivity index (χ0) is 22.3. The minimum absolute atomic E-state index is 0.142. The van der Waals surface area contributed by atoms with Crippen LogP contribution in [0.3, 0.4) is 0 Å². The van der Waals surface area contributed by atoms with E-state index < -0.39 is 10.0 Å². The SMILES string of the molecule is CCc1ccccc1NC(=O)COc1ccc(N(CC)S(=O)(=O)c2ccccc2)cc1. The van der Waals surface area contributed by atoms with E-state index in [0.717, 1.165) is 17.7 Å². The van der Waals surface area contributed by atoms with Crippen molar-refractivity contribution in [3.63, 3.8) is 0 Å². The van der Waals surface area contributed by atoms with E-state index in [1.807, 2.05) is 31.2 Å². The number of nitrogens with zero attached hydrogens (tertiary/aromatic N) is 1. The molecule has 3 aromatic carbocycles. The Morgan fingerprint density at radius 2 is 1.55 bits per heavy atom. The Balaban J connectivity index is 1.65. The predicted octanol–water partition coefficient (Wildman–Crippen LogP) is 4.48. The van der Waals surface area contributed by atoms with Gasteiger partial charge in [0, 0.05) is 12.2 Å². The van der Waals surface area contributed by atoms with E-state index >= 15 is 0 Å². The molecule has 1 amide bonds. The average molecular weight is 439 g/mol. The number of nitrogens with one attached hydrogen (secondary N) is 1. The molecule has 3 aromatic rings. The van der Waals surface area contributed by atoms with Gasteiger partial charge in [-0.2, -0.15) is 0 Å². The molecule has 0 atom stereocenters. The number of para-hydroxylation sites is 1. The first-order chi connectivity index (χ1) is 15.0.